The number of nitrogens with one attached hydrogen (secondary N) is 2. The quantitative estimate of drug-likeness (QED) is 0.293. The summed E-state index contributed by atoms with van der Waals surface area (Å²) in [6.07, 6.45) is 7.29. The maximum Gasteiger partial charge on any atom is 0.465 e. The molecule has 3 aliphatic rings. The lowest BCUT2D eigenvalue weighted by Crippen LogP contribution is -2.55. The highest BCUT2D eigenvalue weighted by Crippen LogP contribution is 2.51. The van der Waals surface area contributed by atoms with Gasteiger partial charge in [-0.3, -0.25) is 0 Å². The summed E-state index contributed by atoms with van der Waals surface area (Å²) in [7, 11) is -0.833. The molecule has 1 aliphatic heterocycles. The van der Waals surface area contributed by atoms with Crippen molar-refractivity contribution in [3.05, 3.63) is 24.0 Å². The molecule has 5 atom stereocenters. The van der Waals surface area contributed by atoms with Crippen molar-refractivity contribution in [2.45, 2.75) is 42.1 Å². The molecular weight excluding hydrogens is 442 g/mol. The fourth-order valence-corrected chi connectivity index (χ4v) is 7.09. The molecule has 26 heavy (non-hydrogen) atoms. The van der Waals surface area contributed by atoms with Crippen LogP contribution in [0.4, 0.5) is 0 Å². The summed E-state index contributed by atoms with van der Waals surface area (Å²) in [5, 5.41) is 29.9. The average molecular weight is 464 g/mol. The van der Waals surface area contributed by atoms with Crippen molar-refractivity contribution in [3.63, 3.8) is 0 Å². The van der Waals surface area contributed by atoms with Gasteiger partial charge in [-0.15, -0.1) is 0 Å². The zero-order valence-electron chi connectivity index (χ0n) is 14.6. The number of pyridine rings is 1. The van der Waals surface area contributed by atoms with Gasteiger partial charge in [0.2, 0.25) is 0 Å². The third-order valence-electron chi connectivity index (χ3n) is 6.41. The average Bonchev–Trinajstić information content (AvgIpc) is 3.03. The summed E-state index contributed by atoms with van der Waals surface area (Å²) in [4.78, 5) is 7.60. The van der Waals surface area contributed by atoms with Gasteiger partial charge in [0, 0.05) is 38.6 Å². The zero-order valence-corrected chi connectivity index (χ0v) is 16.8. The van der Waals surface area contributed by atoms with Gasteiger partial charge in [-0.1, -0.05) is 29.5 Å². The highest BCUT2D eigenvalue weighted by atomic mass is 127. The third kappa shape index (κ3) is 2.52. The second kappa shape index (κ2) is 5.94. The fraction of sp³-hybridized carbons (Fsp3) is 0.556. The van der Waals surface area contributed by atoms with E-state index in [1.807, 2.05) is 12.3 Å². The van der Waals surface area contributed by atoms with E-state index < -0.39 is 12.7 Å². The molecule has 0 saturated heterocycles. The number of aromatic nitrogens is 2. The highest BCUT2D eigenvalue weighted by molar-refractivity contribution is 14.1. The largest absolute Gasteiger partial charge is 0.465 e. The number of hydrogen-bond donors (Lipinski definition) is 4. The minimum atomic E-state index is -0.833. The Hall–Kier alpha value is -1.13. The summed E-state index contributed by atoms with van der Waals surface area (Å²) >= 11 is 2.49. The van der Waals surface area contributed by atoms with E-state index in [-0.39, 0.29) is 5.92 Å². The van der Waals surface area contributed by atoms with Gasteiger partial charge in [0.15, 0.2) is 0 Å². The molecule has 2 bridgehead atoms. The van der Waals surface area contributed by atoms with Crippen molar-refractivity contribution < 1.29 is 10.1 Å². The van der Waals surface area contributed by atoms with E-state index in [0.717, 1.165) is 53.5 Å². The van der Waals surface area contributed by atoms with Crippen LogP contribution in [0.1, 0.15) is 38.2 Å². The van der Waals surface area contributed by atoms with Gasteiger partial charge >= 0.3 is 7.05 Å². The molecular formula is C18H22BIN4O2. The van der Waals surface area contributed by atoms with Crippen molar-refractivity contribution in [1.82, 2.24) is 15.3 Å². The summed E-state index contributed by atoms with van der Waals surface area (Å²) in [6, 6.07) is 2.01. The predicted octanol–water partition coefficient (Wildman–Crippen LogP) is 1.55. The molecule has 8 heteroatoms. The summed E-state index contributed by atoms with van der Waals surface area (Å²) < 4.78 is 0.498. The number of fused-ring (bicyclic) bond motifs is 5. The van der Waals surface area contributed by atoms with Crippen LogP contribution in [0.2, 0.25) is 0 Å². The van der Waals surface area contributed by atoms with E-state index >= 15 is 0 Å². The molecule has 6 nitrogen and oxygen atoms in total. The Morgan fingerprint density at radius 2 is 2.19 bits per heavy atom. The number of aromatic amines is 1. The number of alkyl halides is 1. The summed E-state index contributed by atoms with van der Waals surface area (Å²) in [5.41, 5.74) is 3.11. The first-order valence-corrected chi connectivity index (χ1v) is 10.5. The van der Waals surface area contributed by atoms with E-state index in [4.69, 9.17) is 0 Å². The highest BCUT2D eigenvalue weighted by Gasteiger charge is 2.50. The van der Waals surface area contributed by atoms with Crippen LogP contribution in [0, 0.1) is 17.8 Å². The second-order valence-corrected chi connectivity index (χ2v) is 10.1. The third-order valence-corrected chi connectivity index (χ3v) is 7.36. The van der Waals surface area contributed by atoms with Crippen molar-refractivity contribution in [2.24, 2.45) is 22.9 Å². The maximum atomic E-state index is 11.0. The van der Waals surface area contributed by atoms with Crippen LogP contribution in [-0.4, -0.2) is 42.4 Å². The van der Waals surface area contributed by atoms with Crippen molar-refractivity contribution >= 4 is 51.8 Å². The van der Waals surface area contributed by atoms with Gasteiger partial charge in [0.1, 0.15) is 5.65 Å². The molecule has 2 saturated carbocycles. The monoisotopic (exact) mass is 464 g/mol. The molecule has 0 radical (unpaired) electrons. The van der Waals surface area contributed by atoms with Gasteiger partial charge in [-0.25, -0.2) is 4.98 Å². The van der Waals surface area contributed by atoms with Crippen LogP contribution in [0.25, 0.3) is 11.0 Å². The molecule has 5 unspecified atom stereocenters. The fourth-order valence-electron chi connectivity index (χ4n) is 5.62. The molecule has 136 valence electrons. The number of rotatable bonds is 1. The van der Waals surface area contributed by atoms with Crippen LogP contribution in [0.15, 0.2) is 23.6 Å². The Balaban J connectivity index is 1.64. The van der Waals surface area contributed by atoms with E-state index in [2.05, 4.69) is 49.9 Å². The second-order valence-electron chi connectivity index (χ2n) is 8.29. The lowest BCUT2D eigenvalue weighted by molar-refractivity contribution is -0.0722. The van der Waals surface area contributed by atoms with Crippen LogP contribution in [0.3, 0.4) is 0 Å². The van der Waals surface area contributed by atoms with Gasteiger partial charge in [-0.2, -0.15) is 5.10 Å². The van der Waals surface area contributed by atoms with Crippen molar-refractivity contribution in [3.8, 4) is 0 Å². The van der Waals surface area contributed by atoms with Crippen LogP contribution in [0.5, 0.6) is 0 Å². The van der Waals surface area contributed by atoms with Crippen molar-refractivity contribution in [1.29, 1.82) is 0 Å². The van der Waals surface area contributed by atoms with Crippen LogP contribution < -0.4 is 10.8 Å². The number of nitrogens with zero attached hydrogens (tertiary/aromatic N) is 2. The van der Waals surface area contributed by atoms with Gasteiger partial charge in [0.25, 0.3) is 0 Å². The molecule has 2 aromatic rings. The first kappa shape index (κ1) is 17.0. The topological polar surface area (TPSA) is 93.5 Å². The zero-order chi connectivity index (χ0) is 18.1. The van der Waals surface area contributed by atoms with E-state index in [9.17, 15) is 10.1 Å². The summed E-state index contributed by atoms with van der Waals surface area (Å²) in [6.45, 7) is 2.23. The first-order chi connectivity index (χ1) is 12.5. The van der Waals surface area contributed by atoms with E-state index in [1.165, 1.54) is 0 Å². The minimum absolute atomic E-state index is 0.270. The number of hydrogen-bond acceptors (Lipinski definition) is 5. The maximum absolute atomic E-state index is 11.0. The molecule has 2 aliphatic carbocycles. The van der Waals surface area contributed by atoms with E-state index in [1.54, 1.807) is 6.20 Å². The molecule has 0 aromatic carbocycles. The Kier molecular flexibility index (Phi) is 3.88. The Bertz CT molecular complexity index is 898. The molecule has 3 heterocycles. The SMILES string of the molecule is CC1CC2(O)CC(I)CC(C2)C1C1=NNB(O)c2cnc3[nH]ccc3c21. The number of H-pyrrole nitrogens is 1. The Labute approximate surface area is 166 Å². The van der Waals surface area contributed by atoms with Crippen LogP contribution in [-0.2, 0) is 0 Å². The van der Waals surface area contributed by atoms with E-state index in [0.29, 0.717) is 15.8 Å². The minimum Gasteiger partial charge on any atom is -0.428 e. The standard InChI is InChI=1S/C18H22BIN4O2/c1-9-5-18(25)6-10(4-11(20)7-18)14(9)16-15-12-2-3-21-17(12)22-8-13(15)19(26)24-23-16/h2-3,8-11,14,24-26H,4-7H2,1H3,(H,21,22). The molecule has 5 rings (SSSR count). The number of hydrazone groups is 1. The molecule has 2 aromatic heterocycles. The van der Waals surface area contributed by atoms with Gasteiger partial charge in [0.05, 0.1) is 11.3 Å². The van der Waals surface area contributed by atoms with Crippen molar-refractivity contribution in [2.75, 3.05) is 0 Å². The van der Waals surface area contributed by atoms with Crippen LogP contribution >= 0.6 is 22.6 Å². The molecule has 0 amide bonds. The first-order valence-electron chi connectivity index (χ1n) is 9.29. The summed E-state index contributed by atoms with van der Waals surface area (Å²) in [5.74, 6) is 1.02. The smallest absolute Gasteiger partial charge is 0.428 e. The molecule has 4 N–H and O–H groups in total. The van der Waals surface area contributed by atoms with Gasteiger partial charge in [-0.05, 0) is 43.6 Å². The number of halogens is 1. The Morgan fingerprint density at radius 3 is 3.04 bits per heavy atom. The normalized spacial score (nSPS) is 36.5. The number of aliphatic hydroxyl groups is 1. The molecule has 2 fully saturated rings. The lowest BCUT2D eigenvalue weighted by atomic mass is 9.57. The molecule has 0 spiro atoms. The lowest BCUT2D eigenvalue weighted by Gasteiger charge is -2.51. The predicted molar refractivity (Wildman–Crippen MR) is 111 cm³/mol. The van der Waals surface area contributed by atoms with Gasteiger partial charge < -0.3 is 20.5 Å². The Morgan fingerprint density at radius 1 is 1.35 bits per heavy atom.